The van der Waals surface area contributed by atoms with Crippen molar-refractivity contribution >= 4 is 11.8 Å². The van der Waals surface area contributed by atoms with Crippen LogP contribution in [0.1, 0.15) is 27.2 Å². The number of hydrogen-bond donors (Lipinski definition) is 1. The maximum Gasteiger partial charge on any atom is 0.242 e. The van der Waals surface area contributed by atoms with Crippen molar-refractivity contribution in [1.29, 1.82) is 0 Å². The molecule has 2 unspecified atom stereocenters. The molecule has 14 heavy (non-hydrogen) atoms. The Labute approximate surface area is 84.7 Å². The van der Waals surface area contributed by atoms with Crippen molar-refractivity contribution in [2.45, 2.75) is 33.2 Å². The lowest BCUT2D eigenvalue weighted by Gasteiger charge is -2.34. The number of carbonyl (C=O) groups is 2. The first-order valence-electron chi connectivity index (χ1n) is 5.13. The smallest absolute Gasteiger partial charge is 0.242 e. The van der Waals surface area contributed by atoms with Crippen LogP contribution in [0.2, 0.25) is 0 Å². The predicted molar refractivity (Wildman–Crippen MR) is 53.6 cm³/mol. The Balaban J connectivity index is 2.63. The van der Waals surface area contributed by atoms with Crippen LogP contribution in [0.15, 0.2) is 0 Å². The summed E-state index contributed by atoms with van der Waals surface area (Å²) in [5.74, 6) is 0.428. The van der Waals surface area contributed by atoms with Crippen LogP contribution >= 0.6 is 0 Å². The molecule has 0 aliphatic carbocycles. The molecule has 0 bridgehead atoms. The molecule has 2 atom stereocenters. The topological polar surface area (TPSA) is 49.4 Å². The Kier molecular flexibility index (Phi) is 3.49. The molecule has 1 saturated heterocycles. The lowest BCUT2D eigenvalue weighted by molar-refractivity contribution is -0.145. The summed E-state index contributed by atoms with van der Waals surface area (Å²) in [6.07, 6.45) is 1.03. The summed E-state index contributed by atoms with van der Waals surface area (Å²) < 4.78 is 0. The van der Waals surface area contributed by atoms with Crippen LogP contribution in [-0.4, -0.2) is 35.8 Å². The number of piperazine rings is 1. The molecule has 0 saturated carbocycles. The molecule has 2 amide bonds. The molecule has 80 valence electrons. The molecule has 1 aliphatic rings. The maximum atomic E-state index is 11.5. The Hall–Kier alpha value is -1.06. The first-order chi connectivity index (χ1) is 6.56. The summed E-state index contributed by atoms with van der Waals surface area (Å²) >= 11 is 0. The molecule has 1 heterocycles. The fraction of sp³-hybridized carbons (Fsp3) is 0.800. The fourth-order valence-electron chi connectivity index (χ4n) is 1.49. The third-order valence-electron chi connectivity index (χ3n) is 2.79. The summed E-state index contributed by atoms with van der Waals surface area (Å²) in [7, 11) is 0. The quantitative estimate of drug-likeness (QED) is 0.712. The predicted octanol–water partition coefficient (Wildman–Crippen LogP) is 0.379. The number of hydrogen-bond acceptors (Lipinski definition) is 2. The molecule has 0 radical (unpaired) electrons. The molecule has 4 nitrogen and oxygen atoms in total. The minimum absolute atomic E-state index is 0.0254. The lowest BCUT2D eigenvalue weighted by Crippen LogP contribution is -2.57. The van der Waals surface area contributed by atoms with Gasteiger partial charge in [-0.05, 0) is 12.8 Å². The van der Waals surface area contributed by atoms with Gasteiger partial charge in [-0.2, -0.15) is 0 Å². The van der Waals surface area contributed by atoms with Gasteiger partial charge < -0.3 is 10.2 Å². The van der Waals surface area contributed by atoms with Crippen molar-refractivity contribution in [3.63, 3.8) is 0 Å². The standard InChI is InChI=1S/C10H18N2O2/c1-4-7(2)6-12-8(3)10(14)11-5-9(12)13/h7-8H,4-6H2,1-3H3,(H,11,14). The van der Waals surface area contributed by atoms with E-state index in [0.717, 1.165) is 6.42 Å². The first kappa shape index (κ1) is 11.0. The fourth-order valence-corrected chi connectivity index (χ4v) is 1.49. The second-order valence-electron chi connectivity index (χ2n) is 3.95. The van der Waals surface area contributed by atoms with Crippen LogP contribution in [0.3, 0.4) is 0 Å². The van der Waals surface area contributed by atoms with Crippen molar-refractivity contribution < 1.29 is 9.59 Å². The van der Waals surface area contributed by atoms with Gasteiger partial charge in [0, 0.05) is 6.54 Å². The van der Waals surface area contributed by atoms with Gasteiger partial charge in [0.15, 0.2) is 0 Å². The Morgan fingerprint density at radius 3 is 2.79 bits per heavy atom. The highest BCUT2D eigenvalue weighted by Gasteiger charge is 2.31. The number of carbonyl (C=O) groups excluding carboxylic acids is 2. The summed E-state index contributed by atoms with van der Waals surface area (Å²) in [5.41, 5.74) is 0. The van der Waals surface area contributed by atoms with Gasteiger partial charge in [-0.15, -0.1) is 0 Å². The van der Waals surface area contributed by atoms with Gasteiger partial charge in [0.25, 0.3) is 0 Å². The van der Waals surface area contributed by atoms with Crippen molar-refractivity contribution in [2.24, 2.45) is 5.92 Å². The van der Waals surface area contributed by atoms with E-state index in [2.05, 4.69) is 19.2 Å². The zero-order chi connectivity index (χ0) is 10.7. The van der Waals surface area contributed by atoms with E-state index in [1.54, 1.807) is 11.8 Å². The van der Waals surface area contributed by atoms with E-state index >= 15 is 0 Å². The van der Waals surface area contributed by atoms with E-state index in [1.165, 1.54) is 0 Å². The van der Waals surface area contributed by atoms with Crippen LogP contribution in [-0.2, 0) is 9.59 Å². The van der Waals surface area contributed by atoms with Gasteiger partial charge in [-0.25, -0.2) is 0 Å². The molecule has 0 aromatic rings. The van der Waals surface area contributed by atoms with Crippen LogP contribution in [0.4, 0.5) is 0 Å². The molecule has 0 aromatic heterocycles. The normalized spacial score (nSPS) is 24.8. The molecule has 1 fully saturated rings. The van der Waals surface area contributed by atoms with Gasteiger partial charge in [-0.3, -0.25) is 9.59 Å². The zero-order valence-corrected chi connectivity index (χ0v) is 9.04. The molecule has 4 heteroatoms. The first-order valence-corrected chi connectivity index (χ1v) is 5.13. The Morgan fingerprint density at radius 1 is 1.57 bits per heavy atom. The average molecular weight is 198 g/mol. The van der Waals surface area contributed by atoms with Crippen LogP contribution in [0.25, 0.3) is 0 Å². The van der Waals surface area contributed by atoms with Gasteiger partial charge in [0.2, 0.25) is 11.8 Å². The number of nitrogens with one attached hydrogen (secondary N) is 1. The lowest BCUT2D eigenvalue weighted by atomic mass is 10.1. The summed E-state index contributed by atoms with van der Waals surface area (Å²) in [6.45, 7) is 6.79. The maximum absolute atomic E-state index is 11.5. The number of nitrogens with zero attached hydrogens (tertiary/aromatic N) is 1. The molecule has 1 N–H and O–H groups in total. The number of amides is 2. The Bertz CT molecular complexity index is 240. The van der Waals surface area contributed by atoms with Gasteiger partial charge >= 0.3 is 0 Å². The van der Waals surface area contributed by atoms with Crippen LogP contribution < -0.4 is 5.32 Å². The Morgan fingerprint density at radius 2 is 2.21 bits per heavy atom. The number of rotatable bonds is 3. The SMILES string of the molecule is CCC(C)CN1C(=O)CNC(=O)C1C. The molecular weight excluding hydrogens is 180 g/mol. The molecule has 0 spiro atoms. The van der Waals surface area contributed by atoms with Crippen LogP contribution in [0, 0.1) is 5.92 Å². The summed E-state index contributed by atoms with van der Waals surface area (Å²) in [6, 6.07) is -0.315. The van der Waals surface area contributed by atoms with Crippen molar-refractivity contribution in [3.05, 3.63) is 0 Å². The van der Waals surface area contributed by atoms with Gasteiger partial charge in [-0.1, -0.05) is 20.3 Å². The third-order valence-corrected chi connectivity index (χ3v) is 2.79. The summed E-state index contributed by atoms with van der Waals surface area (Å²) in [4.78, 5) is 24.5. The van der Waals surface area contributed by atoms with E-state index in [0.29, 0.717) is 12.5 Å². The molecule has 0 aromatic carbocycles. The third kappa shape index (κ3) is 2.25. The second kappa shape index (κ2) is 4.44. The van der Waals surface area contributed by atoms with E-state index in [-0.39, 0.29) is 24.4 Å². The minimum atomic E-state index is -0.315. The van der Waals surface area contributed by atoms with E-state index < -0.39 is 0 Å². The van der Waals surface area contributed by atoms with Gasteiger partial charge in [0.1, 0.15) is 6.04 Å². The zero-order valence-electron chi connectivity index (χ0n) is 9.04. The van der Waals surface area contributed by atoms with E-state index in [9.17, 15) is 9.59 Å². The van der Waals surface area contributed by atoms with Crippen molar-refractivity contribution in [2.75, 3.05) is 13.1 Å². The van der Waals surface area contributed by atoms with E-state index in [1.807, 2.05) is 0 Å². The van der Waals surface area contributed by atoms with Crippen LogP contribution in [0.5, 0.6) is 0 Å². The second-order valence-corrected chi connectivity index (χ2v) is 3.95. The van der Waals surface area contributed by atoms with Gasteiger partial charge in [0.05, 0.1) is 6.54 Å². The van der Waals surface area contributed by atoms with Crippen molar-refractivity contribution in [1.82, 2.24) is 10.2 Å². The molecular formula is C10H18N2O2. The summed E-state index contributed by atoms with van der Waals surface area (Å²) in [5, 5.41) is 2.57. The molecule has 1 aliphatic heterocycles. The largest absolute Gasteiger partial charge is 0.345 e. The van der Waals surface area contributed by atoms with E-state index in [4.69, 9.17) is 0 Å². The van der Waals surface area contributed by atoms with Crippen molar-refractivity contribution in [3.8, 4) is 0 Å². The monoisotopic (exact) mass is 198 g/mol. The highest BCUT2D eigenvalue weighted by molar-refractivity contribution is 5.94. The minimum Gasteiger partial charge on any atom is -0.345 e. The highest BCUT2D eigenvalue weighted by atomic mass is 16.2. The average Bonchev–Trinajstić information content (AvgIpc) is 2.18. The highest BCUT2D eigenvalue weighted by Crippen LogP contribution is 2.10. The molecule has 1 rings (SSSR count).